The molecule has 0 aliphatic carbocycles. The zero-order chi connectivity index (χ0) is 17.8. The van der Waals surface area contributed by atoms with E-state index in [2.05, 4.69) is 20.4 Å². The molecule has 0 atom stereocenters. The van der Waals surface area contributed by atoms with E-state index in [1.54, 1.807) is 0 Å². The Bertz CT molecular complexity index is 703. The summed E-state index contributed by atoms with van der Waals surface area (Å²) in [6.07, 6.45) is 1.64. The summed E-state index contributed by atoms with van der Waals surface area (Å²) in [5.41, 5.74) is 0. The molecule has 2 aromatic heterocycles. The topological polar surface area (TPSA) is 74.5 Å². The Morgan fingerprint density at radius 2 is 2.00 bits per heavy atom. The number of nitrogens with zero attached hydrogens (tertiary/aromatic N) is 4. The van der Waals surface area contributed by atoms with Gasteiger partial charge in [-0.2, -0.15) is 0 Å². The second-order valence-corrected chi connectivity index (χ2v) is 6.64. The average molecular weight is 343 g/mol. The molecule has 0 bridgehead atoms. The molecule has 7 heteroatoms. The molecule has 134 valence electrons. The third-order valence-electron chi connectivity index (χ3n) is 4.52. The first kappa shape index (κ1) is 17.3. The van der Waals surface area contributed by atoms with Gasteiger partial charge in [0.1, 0.15) is 11.5 Å². The zero-order valence-electron chi connectivity index (χ0n) is 15.0. The van der Waals surface area contributed by atoms with Crippen LogP contribution in [0.1, 0.15) is 24.4 Å². The minimum Gasteiger partial charge on any atom is -0.465 e. The van der Waals surface area contributed by atoms with Crippen molar-refractivity contribution in [3.8, 4) is 0 Å². The maximum Gasteiger partial charge on any atom is 0.223 e. The van der Waals surface area contributed by atoms with Gasteiger partial charge in [0.25, 0.3) is 0 Å². The van der Waals surface area contributed by atoms with Crippen LogP contribution >= 0.6 is 0 Å². The summed E-state index contributed by atoms with van der Waals surface area (Å²) in [6, 6.07) is 7.76. The molecule has 0 unspecified atom stereocenters. The lowest BCUT2D eigenvalue weighted by molar-refractivity contribution is -0.125. The van der Waals surface area contributed by atoms with E-state index in [4.69, 9.17) is 4.42 Å². The fraction of sp³-hybridized carbons (Fsp3) is 0.500. The Kier molecular flexibility index (Phi) is 5.21. The second kappa shape index (κ2) is 7.55. The molecule has 2 aromatic rings. The number of piperidine rings is 1. The number of amides is 1. The van der Waals surface area contributed by atoms with Crippen LogP contribution in [0.25, 0.3) is 0 Å². The average Bonchev–Trinajstić information content (AvgIpc) is 3.05. The van der Waals surface area contributed by atoms with Crippen molar-refractivity contribution >= 4 is 17.5 Å². The summed E-state index contributed by atoms with van der Waals surface area (Å²) < 4.78 is 5.48. The molecule has 3 heterocycles. The van der Waals surface area contributed by atoms with E-state index in [1.807, 2.05) is 50.2 Å². The van der Waals surface area contributed by atoms with Crippen molar-refractivity contribution in [1.29, 1.82) is 0 Å². The number of aromatic nitrogens is 2. The van der Waals surface area contributed by atoms with Gasteiger partial charge in [-0.3, -0.25) is 4.79 Å². The number of nitrogens with one attached hydrogen (secondary N) is 1. The molecule has 25 heavy (non-hydrogen) atoms. The summed E-state index contributed by atoms with van der Waals surface area (Å²) in [5, 5.41) is 11.5. The predicted octanol–water partition coefficient (Wildman–Crippen LogP) is 1.98. The lowest BCUT2D eigenvalue weighted by Gasteiger charge is -2.31. The molecule has 0 saturated carbocycles. The van der Waals surface area contributed by atoms with Crippen molar-refractivity contribution < 1.29 is 9.21 Å². The third-order valence-corrected chi connectivity index (χ3v) is 4.52. The summed E-state index contributed by atoms with van der Waals surface area (Å²) in [7, 11) is 3.88. The van der Waals surface area contributed by atoms with Crippen molar-refractivity contribution in [2.45, 2.75) is 26.3 Å². The molecular weight excluding hydrogens is 318 g/mol. The Hall–Kier alpha value is -2.57. The Labute approximate surface area is 148 Å². The second-order valence-electron chi connectivity index (χ2n) is 6.64. The highest BCUT2D eigenvalue weighted by Crippen LogP contribution is 2.22. The van der Waals surface area contributed by atoms with Crippen molar-refractivity contribution in [2.75, 3.05) is 37.0 Å². The van der Waals surface area contributed by atoms with Crippen molar-refractivity contribution in [2.24, 2.45) is 5.92 Å². The van der Waals surface area contributed by atoms with Crippen LogP contribution < -0.4 is 15.1 Å². The monoisotopic (exact) mass is 343 g/mol. The number of rotatable bonds is 5. The van der Waals surface area contributed by atoms with Gasteiger partial charge in [-0.25, -0.2) is 0 Å². The van der Waals surface area contributed by atoms with Crippen LogP contribution in [0.4, 0.5) is 11.6 Å². The minimum atomic E-state index is 0.0429. The van der Waals surface area contributed by atoms with Crippen LogP contribution in [0.5, 0.6) is 0 Å². The van der Waals surface area contributed by atoms with E-state index in [0.29, 0.717) is 6.54 Å². The maximum atomic E-state index is 12.3. The number of furan rings is 1. The molecule has 0 aromatic carbocycles. The standard InChI is InChI=1S/C18H25N5O2/c1-13-4-5-15(25-13)12-19-18(24)14-8-10-23(11-9-14)17-7-6-16(20-21-17)22(2)3/h4-7,14H,8-12H2,1-3H3,(H,19,24). The normalized spacial score (nSPS) is 15.2. The van der Waals surface area contributed by atoms with E-state index >= 15 is 0 Å². The number of anilines is 2. The quantitative estimate of drug-likeness (QED) is 0.895. The van der Waals surface area contributed by atoms with Gasteiger partial charge in [-0.1, -0.05) is 0 Å². The molecule has 1 N–H and O–H groups in total. The Balaban J connectivity index is 1.48. The van der Waals surface area contributed by atoms with Gasteiger partial charge in [-0.15, -0.1) is 10.2 Å². The molecule has 1 aliphatic rings. The van der Waals surface area contributed by atoms with Crippen molar-refractivity contribution in [3.05, 3.63) is 35.8 Å². The first-order valence-corrected chi connectivity index (χ1v) is 8.62. The summed E-state index contributed by atoms with van der Waals surface area (Å²) in [4.78, 5) is 16.4. The van der Waals surface area contributed by atoms with Gasteiger partial charge in [0.2, 0.25) is 5.91 Å². The van der Waals surface area contributed by atoms with Crippen molar-refractivity contribution in [3.63, 3.8) is 0 Å². The van der Waals surface area contributed by atoms with Crippen LogP contribution in [0.3, 0.4) is 0 Å². The number of hydrogen-bond acceptors (Lipinski definition) is 6. The van der Waals surface area contributed by atoms with E-state index in [1.165, 1.54) is 0 Å². The summed E-state index contributed by atoms with van der Waals surface area (Å²) in [5.74, 6) is 3.50. The number of carbonyl (C=O) groups is 1. The van der Waals surface area contributed by atoms with E-state index < -0.39 is 0 Å². The maximum absolute atomic E-state index is 12.3. The Morgan fingerprint density at radius 1 is 1.24 bits per heavy atom. The first-order valence-electron chi connectivity index (χ1n) is 8.62. The smallest absolute Gasteiger partial charge is 0.223 e. The molecule has 3 rings (SSSR count). The first-order chi connectivity index (χ1) is 12.0. The molecule has 1 fully saturated rings. The Morgan fingerprint density at radius 3 is 2.56 bits per heavy atom. The van der Waals surface area contributed by atoms with Gasteiger partial charge in [-0.05, 0) is 44.0 Å². The van der Waals surface area contributed by atoms with E-state index in [0.717, 1.165) is 49.1 Å². The van der Waals surface area contributed by atoms with Crippen LogP contribution in [0, 0.1) is 12.8 Å². The largest absolute Gasteiger partial charge is 0.465 e. The minimum absolute atomic E-state index is 0.0429. The fourth-order valence-electron chi connectivity index (χ4n) is 2.99. The molecule has 1 aliphatic heterocycles. The fourth-order valence-corrected chi connectivity index (χ4v) is 2.99. The molecule has 1 saturated heterocycles. The predicted molar refractivity (Wildman–Crippen MR) is 96.6 cm³/mol. The molecule has 7 nitrogen and oxygen atoms in total. The SMILES string of the molecule is Cc1ccc(CNC(=O)C2CCN(c3ccc(N(C)C)nn3)CC2)o1. The highest BCUT2D eigenvalue weighted by molar-refractivity contribution is 5.78. The summed E-state index contributed by atoms with van der Waals surface area (Å²) >= 11 is 0. The lowest BCUT2D eigenvalue weighted by atomic mass is 9.96. The van der Waals surface area contributed by atoms with Crippen molar-refractivity contribution in [1.82, 2.24) is 15.5 Å². The van der Waals surface area contributed by atoms with Gasteiger partial charge in [0, 0.05) is 33.1 Å². The number of hydrogen-bond donors (Lipinski definition) is 1. The van der Waals surface area contributed by atoms with Crippen LogP contribution in [0.2, 0.25) is 0 Å². The van der Waals surface area contributed by atoms with Crippen LogP contribution in [0.15, 0.2) is 28.7 Å². The molecular formula is C18H25N5O2. The summed E-state index contributed by atoms with van der Waals surface area (Å²) in [6.45, 7) is 3.97. The number of aryl methyl sites for hydroxylation is 1. The van der Waals surface area contributed by atoms with Gasteiger partial charge >= 0.3 is 0 Å². The molecule has 0 radical (unpaired) electrons. The van der Waals surface area contributed by atoms with Gasteiger partial charge < -0.3 is 19.5 Å². The third kappa shape index (κ3) is 4.29. The molecule has 1 amide bonds. The van der Waals surface area contributed by atoms with Gasteiger partial charge in [0.15, 0.2) is 11.6 Å². The van der Waals surface area contributed by atoms with Crippen LogP contribution in [-0.2, 0) is 11.3 Å². The van der Waals surface area contributed by atoms with E-state index in [9.17, 15) is 4.79 Å². The highest BCUT2D eigenvalue weighted by atomic mass is 16.3. The lowest BCUT2D eigenvalue weighted by Crippen LogP contribution is -2.40. The highest BCUT2D eigenvalue weighted by Gasteiger charge is 2.25. The van der Waals surface area contributed by atoms with E-state index in [-0.39, 0.29) is 11.8 Å². The van der Waals surface area contributed by atoms with Crippen LogP contribution in [-0.4, -0.2) is 43.3 Å². The molecule has 0 spiro atoms. The zero-order valence-corrected chi connectivity index (χ0v) is 15.0. The van der Waals surface area contributed by atoms with Gasteiger partial charge in [0.05, 0.1) is 6.54 Å². The number of carbonyl (C=O) groups excluding carboxylic acids is 1.